The predicted molar refractivity (Wildman–Crippen MR) is 73.6 cm³/mol. The molecule has 0 saturated heterocycles. The van der Waals surface area contributed by atoms with Gasteiger partial charge < -0.3 is 10.6 Å². The van der Waals surface area contributed by atoms with Crippen molar-refractivity contribution in [2.45, 2.75) is 13.0 Å². The Morgan fingerprint density at radius 1 is 1.29 bits per heavy atom. The Balaban J connectivity index is 2.23. The molecule has 17 heavy (non-hydrogen) atoms. The first-order chi connectivity index (χ1) is 8.20. The standard InChI is InChI=1S/C13H17N3S/c1-16(2)12-6-4-3-5-10(12)7-11-9-17-13(8-14)15-11/h3-6,9H,7-8,14H2,1-2H3. The average Bonchev–Trinajstić information content (AvgIpc) is 2.77. The van der Waals surface area contributed by atoms with Crippen molar-refractivity contribution < 1.29 is 0 Å². The lowest BCUT2D eigenvalue weighted by Crippen LogP contribution is -2.11. The molecule has 0 aliphatic carbocycles. The number of nitrogens with zero attached hydrogens (tertiary/aromatic N) is 2. The lowest BCUT2D eigenvalue weighted by atomic mass is 10.1. The summed E-state index contributed by atoms with van der Waals surface area (Å²) in [5.74, 6) is 0. The van der Waals surface area contributed by atoms with Crippen LogP contribution < -0.4 is 10.6 Å². The maximum absolute atomic E-state index is 5.57. The predicted octanol–water partition coefficient (Wildman–Crippen LogP) is 2.26. The summed E-state index contributed by atoms with van der Waals surface area (Å²) in [6.45, 7) is 0.528. The molecule has 0 bridgehead atoms. The fraction of sp³-hybridized carbons (Fsp3) is 0.308. The first kappa shape index (κ1) is 12.1. The molecule has 0 radical (unpaired) electrons. The highest BCUT2D eigenvalue weighted by molar-refractivity contribution is 7.09. The molecule has 0 unspecified atom stereocenters. The van der Waals surface area contributed by atoms with Crippen LogP contribution in [0, 0.1) is 0 Å². The van der Waals surface area contributed by atoms with Crippen LogP contribution in [0.15, 0.2) is 29.6 Å². The van der Waals surface area contributed by atoms with Crippen LogP contribution in [0.5, 0.6) is 0 Å². The minimum atomic E-state index is 0.528. The fourth-order valence-electron chi connectivity index (χ4n) is 1.82. The monoisotopic (exact) mass is 247 g/mol. The highest BCUT2D eigenvalue weighted by atomic mass is 32.1. The molecule has 0 spiro atoms. The number of thiazole rings is 1. The molecule has 2 rings (SSSR count). The molecule has 0 aliphatic rings. The molecule has 4 heteroatoms. The summed E-state index contributed by atoms with van der Waals surface area (Å²) in [5, 5.41) is 3.09. The molecule has 0 amide bonds. The van der Waals surface area contributed by atoms with Gasteiger partial charge in [0.05, 0.1) is 5.69 Å². The van der Waals surface area contributed by atoms with Crippen LogP contribution in [-0.2, 0) is 13.0 Å². The van der Waals surface area contributed by atoms with E-state index >= 15 is 0 Å². The van der Waals surface area contributed by atoms with Gasteiger partial charge in [0.1, 0.15) is 5.01 Å². The van der Waals surface area contributed by atoms with E-state index in [4.69, 9.17) is 5.73 Å². The van der Waals surface area contributed by atoms with Crippen molar-refractivity contribution in [3.63, 3.8) is 0 Å². The van der Waals surface area contributed by atoms with E-state index in [9.17, 15) is 0 Å². The zero-order valence-corrected chi connectivity index (χ0v) is 11.0. The Labute approximate surface area is 106 Å². The van der Waals surface area contributed by atoms with Crippen molar-refractivity contribution in [2.75, 3.05) is 19.0 Å². The number of benzene rings is 1. The highest BCUT2D eigenvalue weighted by Gasteiger charge is 2.07. The molecule has 1 aromatic carbocycles. The second-order valence-electron chi connectivity index (χ2n) is 4.14. The van der Waals surface area contributed by atoms with E-state index in [1.54, 1.807) is 11.3 Å². The Hall–Kier alpha value is -1.39. The van der Waals surface area contributed by atoms with Gasteiger partial charge in [-0.3, -0.25) is 0 Å². The van der Waals surface area contributed by atoms with Crippen molar-refractivity contribution >= 4 is 17.0 Å². The summed E-state index contributed by atoms with van der Waals surface area (Å²) in [4.78, 5) is 6.63. The van der Waals surface area contributed by atoms with Crippen LogP contribution in [0.4, 0.5) is 5.69 Å². The second-order valence-corrected chi connectivity index (χ2v) is 5.08. The van der Waals surface area contributed by atoms with Crippen molar-refractivity contribution in [3.05, 3.63) is 45.9 Å². The Morgan fingerprint density at radius 2 is 2.06 bits per heavy atom. The van der Waals surface area contributed by atoms with Crippen LogP contribution in [0.25, 0.3) is 0 Å². The van der Waals surface area contributed by atoms with Gasteiger partial charge in [-0.15, -0.1) is 11.3 Å². The molecule has 2 aromatic rings. The average molecular weight is 247 g/mol. The number of hydrogen-bond acceptors (Lipinski definition) is 4. The van der Waals surface area contributed by atoms with Crippen LogP contribution in [-0.4, -0.2) is 19.1 Å². The zero-order valence-electron chi connectivity index (χ0n) is 10.2. The van der Waals surface area contributed by atoms with E-state index in [2.05, 4.69) is 53.6 Å². The maximum Gasteiger partial charge on any atom is 0.106 e. The van der Waals surface area contributed by atoms with Gasteiger partial charge in [-0.1, -0.05) is 18.2 Å². The van der Waals surface area contributed by atoms with Gasteiger partial charge in [-0.25, -0.2) is 4.98 Å². The van der Waals surface area contributed by atoms with Crippen LogP contribution in [0.3, 0.4) is 0 Å². The fourth-order valence-corrected chi connectivity index (χ4v) is 2.49. The van der Waals surface area contributed by atoms with Gasteiger partial charge in [0.15, 0.2) is 0 Å². The van der Waals surface area contributed by atoms with Gasteiger partial charge >= 0.3 is 0 Å². The molecular formula is C13H17N3S. The van der Waals surface area contributed by atoms with Crippen molar-refractivity contribution in [1.82, 2.24) is 4.98 Å². The summed E-state index contributed by atoms with van der Waals surface area (Å²) in [6, 6.07) is 8.41. The summed E-state index contributed by atoms with van der Waals surface area (Å²) in [5.41, 5.74) is 9.22. The maximum atomic E-state index is 5.57. The van der Waals surface area contributed by atoms with E-state index in [0.717, 1.165) is 17.1 Å². The van der Waals surface area contributed by atoms with E-state index in [1.165, 1.54) is 11.3 Å². The zero-order chi connectivity index (χ0) is 12.3. The number of para-hydroxylation sites is 1. The summed E-state index contributed by atoms with van der Waals surface area (Å²) >= 11 is 1.63. The lowest BCUT2D eigenvalue weighted by molar-refractivity contribution is 0.988. The number of aromatic nitrogens is 1. The summed E-state index contributed by atoms with van der Waals surface area (Å²) < 4.78 is 0. The van der Waals surface area contributed by atoms with Gasteiger partial charge in [0.2, 0.25) is 0 Å². The van der Waals surface area contributed by atoms with Crippen LogP contribution in [0.1, 0.15) is 16.3 Å². The largest absolute Gasteiger partial charge is 0.377 e. The van der Waals surface area contributed by atoms with Crippen molar-refractivity contribution in [3.8, 4) is 0 Å². The Kier molecular flexibility index (Phi) is 3.76. The summed E-state index contributed by atoms with van der Waals surface area (Å²) in [6.07, 6.45) is 0.866. The molecule has 90 valence electrons. The molecule has 0 fully saturated rings. The van der Waals surface area contributed by atoms with Gasteiger partial charge in [0.25, 0.3) is 0 Å². The van der Waals surface area contributed by atoms with E-state index < -0.39 is 0 Å². The quantitative estimate of drug-likeness (QED) is 0.901. The smallest absolute Gasteiger partial charge is 0.106 e. The SMILES string of the molecule is CN(C)c1ccccc1Cc1csc(CN)n1. The van der Waals surface area contributed by atoms with Crippen molar-refractivity contribution in [1.29, 1.82) is 0 Å². The summed E-state index contributed by atoms with van der Waals surface area (Å²) in [7, 11) is 4.12. The molecule has 1 heterocycles. The topological polar surface area (TPSA) is 42.1 Å². The Morgan fingerprint density at radius 3 is 2.71 bits per heavy atom. The third kappa shape index (κ3) is 2.84. The normalized spacial score (nSPS) is 10.5. The van der Waals surface area contributed by atoms with Gasteiger partial charge in [-0.2, -0.15) is 0 Å². The van der Waals surface area contributed by atoms with Crippen LogP contribution in [0.2, 0.25) is 0 Å². The molecular weight excluding hydrogens is 230 g/mol. The number of rotatable bonds is 4. The number of anilines is 1. The van der Waals surface area contributed by atoms with E-state index in [0.29, 0.717) is 6.54 Å². The number of nitrogens with two attached hydrogens (primary N) is 1. The second kappa shape index (κ2) is 5.29. The Bertz CT molecular complexity index is 491. The molecule has 0 saturated carbocycles. The van der Waals surface area contributed by atoms with Gasteiger partial charge in [0, 0.05) is 38.1 Å². The first-order valence-corrected chi connectivity index (χ1v) is 6.47. The van der Waals surface area contributed by atoms with Gasteiger partial charge in [-0.05, 0) is 11.6 Å². The third-order valence-corrected chi connectivity index (χ3v) is 3.54. The van der Waals surface area contributed by atoms with E-state index in [-0.39, 0.29) is 0 Å². The minimum Gasteiger partial charge on any atom is -0.377 e. The molecule has 1 aromatic heterocycles. The minimum absolute atomic E-state index is 0.528. The third-order valence-electron chi connectivity index (χ3n) is 2.62. The molecule has 0 aliphatic heterocycles. The molecule has 3 nitrogen and oxygen atoms in total. The van der Waals surface area contributed by atoms with E-state index in [1.807, 2.05) is 0 Å². The number of hydrogen-bond donors (Lipinski definition) is 1. The van der Waals surface area contributed by atoms with Crippen molar-refractivity contribution in [2.24, 2.45) is 5.73 Å². The lowest BCUT2D eigenvalue weighted by Gasteiger charge is -2.16. The first-order valence-electron chi connectivity index (χ1n) is 5.59. The highest BCUT2D eigenvalue weighted by Crippen LogP contribution is 2.22. The molecule has 0 atom stereocenters. The molecule has 2 N–H and O–H groups in total. The van der Waals surface area contributed by atoms with Crippen LogP contribution >= 0.6 is 11.3 Å².